The predicted octanol–water partition coefficient (Wildman–Crippen LogP) is 5.02. The number of aliphatic hydroxyl groups is 2. The Morgan fingerprint density at radius 3 is 2.50 bits per heavy atom. The van der Waals surface area contributed by atoms with E-state index in [9.17, 15) is 33.0 Å². The van der Waals surface area contributed by atoms with Crippen molar-refractivity contribution >= 4 is 11.8 Å². The number of allylic oxidation sites excluding steroid dienone is 2. The molecule has 2 rings (SSSR count). The van der Waals surface area contributed by atoms with Gasteiger partial charge in [0.2, 0.25) is 0 Å². The van der Waals surface area contributed by atoms with Crippen LogP contribution in [0, 0.1) is 11.8 Å². The molecule has 0 heterocycles. The number of aliphatic hydroxyl groups excluding tert-OH is 2. The molecule has 5 nitrogen and oxygen atoms in total. The van der Waals surface area contributed by atoms with Crippen LogP contribution >= 0.6 is 0 Å². The maximum atomic E-state index is 12.9. The van der Waals surface area contributed by atoms with Crippen LogP contribution in [0.5, 0.6) is 0 Å². The Labute approximate surface area is 199 Å². The average Bonchev–Trinajstić information content (AvgIpc) is 3.00. The summed E-state index contributed by atoms with van der Waals surface area (Å²) in [6, 6.07) is 4.75. The van der Waals surface area contributed by atoms with Gasteiger partial charge < -0.3 is 14.9 Å². The van der Waals surface area contributed by atoms with Crippen molar-refractivity contribution in [1.82, 2.24) is 0 Å². The molecular formula is C26H35F3O5. The van der Waals surface area contributed by atoms with Gasteiger partial charge in [-0.25, -0.2) is 0 Å². The van der Waals surface area contributed by atoms with E-state index in [1.165, 1.54) is 12.1 Å². The molecule has 1 aliphatic rings. The van der Waals surface area contributed by atoms with E-state index in [2.05, 4.69) is 0 Å². The van der Waals surface area contributed by atoms with Crippen molar-refractivity contribution in [2.75, 3.05) is 0 Å². The topological polar surface area (TPSA) is 83.8 Å². The van der Waals surface area contributed by atoms with E-state index in [1.807, 2.05) is 12.2 Å². The zero-order valence-corrected chi connectivity index (χ0v) is 19.8. The Kier molecular flexibility index (Phi) is 10.8. The molecule has 0 aliphatic heterocycles. The summed E-state index contributed by atoms with van der Waals surface area (Å²) in [4.78, 5) is 23.9. The Hall–Kier alpha value is -2.19. The van der Waals surface area contributed by atoms with E-state index in [1.54, 1.807) is 13.8 Å². The lowest BCUT2D eigenvalue weighted by Gasteiger charge is -2.22. The summed E-state index contributed by atoms with van der Waals surface area (Å²) in [5.74, 6) is -0.882. The molecule has 0 spiro atoms. The minimum atomic E-state index is -4.46. The number of hydrogen-bond donors (Lipinski definition) is 2. The second-order valence-electron chi connectivity index (χ2n) is 9.29. The molecule has 1 fully saturated rings. The van der Waals surface area contributed by atoms with Crippen LogP contribution in [0.2, 0.25) is 0 Å². The summed E-state index contributed by atoms with van der Waals surface area (Å²) in [5, 5.41) is 20.7. The lowest BCUT2D eigenvalue weighted by molar-refractivity contribution is -0.147. The van der Waals surface area contributed by atoms with E-state index >= 15 is 0 Å². The summed E-state index contributed by atoms with van der Waals surface area (Å²) >= 11 is 0. The molecule has 0 bridgehead atoms. The number of unbranched alkanes of at least 4 members (excludes halogenated alkanes) is 1. The second kappa shape index (κ2) is 13.0. The first-order chi connectivity index (χ1) is 16.0. The van der Waals surface area contributed by atoms with Gasteiger partial charge in [0.15, 0.2) is 0 Å². The fraction of sp³-hybridized carbons (Fsp3) is 0.615. The fourth-order valence-electron chi connectivity index (χ4n) is 4.46. The van der Waals surface area contributed by atoms with Gasteiger partial charge in [-0.2, -0.15) is 13.2 Å². The van der Waals surface area contributed by atoms with Crippen LogP contribution in [-0.4, -0.2) is 40.3 Å². The summed E-state index contributed by atoms with van der Waals surface area (Å²) < 4.78 is 43.7. The van der Waals surface area contributed by atoms with Gasteiger partial charge in [0.25, 0.3) is 0 Å². The van der Waals surface area contributed by atoms with E-state index in [0.29, 0.717) is 37.7 Å². The van der Waals surface area contributed by atoms with Crippen LogP contribution in [0.4, 0.5) is 13.2 Å². The molecule has 0 radical (unpaired) electrons. The van der Waals surface area contributed by atoms with Gasteiger partial charge >= 0.3 is 12.1 Å². The highest BCUT2D eigenvalue weighted by Crippen LogP contribution is 2.38. The molecule has 190 valence electrons. The van der Waals surface area contributed by atoms with E-state index < -0.39 is 23.9 Å². The number of alkyl halides is 3. The minimum absolute atomic E-state index is 0.0981. The first-order valence-corrected chi connectivity index (χ1v) is 11.9. The zero-order valence-electron chi connectivity index (χ0n) is 19.8. The highest BCUT2D eigenvalue weighted by molar-refractivity contribution is 5.80. The standard InChI is InChI=1S/C26H35F3O5/c1-17(2)34-25(33)11-6-4-3-5-10-21-22(24(32)16-23(21)31)13-12-20(30)15-18-8-7-9-19(14-18)26(27,28)29/h3,5,7-9,14,17,21-24,31-32H,4,6,10-13,15-16H2,1-2H3/b5-3-/t21-,22-,23+,24-/m1/s1. The maximum absolute atomic E-state index is 12.9. The summed E-state index contributed by atoms with van der Waals surface area (Å²) in [6.07, 6.45) is 0.754. The van der Waals surface area contributed by atoms with Crippen molar-refractivity contribution in [2.45, 2.75) is 89.7 Å². The molecule has 1 saturated carbocycles. The van der Waals surface area contributed by atoms with Crippen LogP contribution in [0.25, 0.3) is 0 Å². The van der Waals surface area contributed by atoms with Crippen LogP contribution in [-0.2, 0) is 26.9 Å². The third-order valence-corrected chi connectivity index (χ3v) is 6.13. The SMILES string of the molecule is CC(C)OC(=O)CCC/C=C\C[C@@H]1[C@@H](CCC(=O)Cc2cccc(C(F)(F)F)c2)[C@H](O)C[C@@H]1O. The van der Waals surface area contributed by atoms with Crippen molar-refractivity contribution in [3.63, 3.8) is 0 Å². The Morgan fingerprint density at radius 2 is 1.82 bits per heavy atom. The molecular weight excluding hydrogens is 449 g/mol. The monoisotopic (exact) mass is 484 g/mol. The number of Topliss-reactive ketones (excluding diaryl/α,β-unsaturated/α-hetero) is 1. The van der Waals surface area contributed by atoms with Gasteiger partial charge in [0.05, 0.1) is 23.9 Å². The van der Waals surface area contributed by atoms with Gasteiger partial charge in [0, 0.05) is 19.3 Å². The predicted molar refractivity (Wildman–Crippen MR) is 122 cm³/mol. The number of benzene rings is 1. The molecule has 2 N–H and O–H groups in total. The van der Waals surface area contributed by atoms with Gasteiger partial charge in [-0.05, 0) is 69.4 Å². The third-order valence-electron chi connectivity index (χ3n) is 6.13. The van der Waals surface area contributed by atoms with Gasteiger partial charge in [-0.3, -0.25) is 9.59 Å². The van der Waals surface area contributed by atoms with Crippen LogP contribution in [0.15, 0.2) is 36.4 Å². The Morgan fingerprint density at radius 1 is 1.12 bits per heavy atom. The third kappa shape index (κ3) is 9.22. The number of hydrogen-bond acceptors (Lipinski definition) is 5. The largest absolute Gasteiger partial charge is 0.463 e. The van der Waals surface area contributed by atoms with Crippen molar-refractivity contribution in [3.05, 3.63) is 47.5 Å². The lowest BCUT2D eigenvalue weighted by Crippen LogP contribution is -2.23. The van der Waals surface area contributed by atoms with Crippen LogP contribution in [0.1, 0.15) is 69.9 Å². The van der Waals surface area contributed by atoms with E-state index in [4.69, 9.17) is 4.74 Å². The lowest BCUT2D eigenvalue weighted by atomic mass is 9.86. The summed E-state index contributed by atoms with van der Waals surface area (Å²) in [7, 11) is 0. The van der Waals surface area contributed by atoms with Gasteiger partial charge in [-0.15, -0.1) is 0 Å². The molecule has 1 aromatic carbocycles. The van der Waals surface area contributed by atoms with Crippen molar-refractivity contribution in [1.29, 1.82) is 0 Å². The first-order valence-electron chi connectivity index (χ1n) is 11.9. The van der Waals surface area contributed by atoms with Crippen LogP contribution in [0.3, 0.4) is 0 Å². The quantitative estimate of drug-likeness (QED) is 0.247. The molecule has 34 heavy (non-hydrogen) atoms. The minimum Gasteiger partial charge on any atom is -0.463 e. The maximum Gasteiger partial charge on any atom is 0.416 e. The average molecular weight is 485 g/mol. The number of ether oxygens (including phenoxy) is 1. The highest BCUT2D eigenvalue weighted by Gasteiger charge is 2.40. The first kappa shape index (κ1) is 28.1. The van der Waals surface area contributed by atoms with Crippen LogP contribution < -0.4 is 0 Å². The van der Waals surface area contributed by atoms with Crippen molar-refractivity contribution in [2.24, 2.45) is 11.8 Å². The summed E-state index contributed by atoms with van der Waals surface area (Å²) in [5.41, 5.74) is -0.473. The molecule has 0 unspecified atom stereocenters. The molecule has 1 aromatic rings. The molecule has 0 saturated heterocycles. The normalized spacial score (nSPS) is 23.1. The molecule has 4 atom stereocenters. The Balaban J connectivity index is 1.81. The number of halogens is 3. The smallest absolute Gasteiger partial charge is 0.416 e. The van der Waals surface area contributed by atoms with Gasteiger partial charge in [-0.1, -0.05) is 30.4 Å². The van der Waals surface area contributed by atoms with Crippen molar-refractivity contribution < 1.29 is 37.7 Å². The van der Waals surface area contributed by atoms with E-state index in [-0.39, 0.29) is 49.0 Å². The van der Waals surface area contributed by atoms with Gasteiger partial charge in [0.1, 0.15) is 5.78 Å². The Bertz CT molecular complexity index is 834. The number of esters is 1. The number of ketones is 1. The zero-order chi connectivity index (χ0) is 25.3. The van der Waals surface area contributed by atoms with Crippen molar-refractivity contribution in [3.8, 4) is 0 Å². The fourth-order valence-corrected chi connectivity index (χ4v) is 4.46. The molecule has 0 amide bonds. The molecule has 0 aromatic heterocycles. The second-order valence-corrected chi connectivity index (χ2v) is 9.29. The van der Waals surface area contributed by atoms with E-state index in [0.717, 1.165) is 12.1 Å². The number of carbonyl (C=O) groups is 2. The molecule has 8 heteroatoms. The molecule has 1 aliphatic carbocycles. The number of rotatable bonds is 12. The highest BCUT2D eigenvalue weighted by atomic mass is 19.4. The summed E-state index contributed by atoms with van der Waals surface area (Å²) in [6.45, 7) is 3.60. The number of carbonyl (C=O) groups excluding carboxylic acids is 2.